The first kappa shape index (κ1) is 10.9. The van der Waals surface area contributed by atoms with E-state index in [-0.39, 0.29) is 0 Å². The van der Waals surface area contributed by atoms with E-state index in [1.165, 1.54) is 0 Å². The van der Waals surface area contributed by atoms with Gasteiger partial charge in [0, 0.05) is 5.54 Å². The Morgan fingerprint density at radius 2 is 1.75 bits per heavy atom. The molecular weight excluding hydrogens is 158 g/mol. The first-order chi connectivity index (χ1) is 5.25. The Morgan fingerprint density at radius 1 is 1.33 bits per heavy atom. The second-order valence-corrected chi connectivity index (χ2v) is 3.82. The summed E-state index contributed by atoms with van der Waals surface area (Å²) in [5.74, 6) is -0.929. The van der Waals surface area contributed by atoms with Crippen LogP contribution in [0.15, 0.2) is 0 Å². The number of nitrogens with one attached hydrogen (secondary N) is 1. The molecule has 0 unspecified atom stereocenters. The highest BCUT2D eigenvalue weighted by Crippen LogP contribution is 2.29. The van der Waals surface area contributed by atoms with Crippen LogP contribution in [0.3, 0.4) is 0 Å². The molecule has 0 saturated carbocycles. The SMILES string of the molecule is CC(C)(NC=O)C(C)(C)C(=O)O. The van der Waals surface area contributed by atoms with Crippen LogP contribution in [-0.4, -0.2) is 23.0 Å². The molecule has 0 heterocycles. The molecule has 0 aliphatic rings. The van der Waals surface area contributed by atoms with Gasteiger partial charge in [0.25, 0.3) is 0 Å². The van der Waals surface area contributed by atoms with Crippen LogP contribution in [0.25, 0.3) is 0 Å². The summed E-state index contributed by atoms with van der Waals surface area (Å²) in [5.41, 5.74) is -1.73. The van der Waals surface area contributed by atoms with Crippen molar-refractivity contribution in [3.63, 3.8) is 0 Å². The lowest BCUT2D eigenvalue weighted by Gasteiger charge is -2.37. The standard InChI is InChI=1S/C8H15NO3/c1-7(2,6(11)12)8(3,4)9-5-10/h5H,1-4H3,(H,9,10)(H,11,12). The highest BCUT2D eigenvalue weighted by atomic mass is 16.4. The molecule has 0 saturated heterocycles. The van der Waals surface area contributed by atoms with Gasteiger partial charge in [-0.05, 0) is 27.7 Å². The molecule has 4 nitrogen and oxygen atoms in total. The topological polar surface area (TPSA) is 66.4 Å². The molecular formula is C8H15NO3. The van der Waals surface area contributed by atoms with Gasteiger partial charge >= 0.3 is 5.97 Å². The van der Waals surface area contributed by atoms with Gasteiger partial charge < -0.3 is 10.4 Å². The molecule has 0 spiro atoms. The van der Waals surface area contributed by atoms with Crippen molar-refractivity contribution < 1.29 is 14.7 Å². The van der Waals surface area contributed by atoms with Gasteiger partial charge in [-0.1, -0.05) is 0 Å². The van der Waals surface area contributed by atoms with Crippen molar-refractivity contribution >= 4 is 12.4 Å². The fourth-order valence-corrected chi connectivity index (χ4v) is 0.595. The molecule has 0 atom stereocenters. The molecule has 70 valence electrons. The zero-order valence-electron chi connectivity index (χ0n) is 7.84. The molecule has 0 rings (SSSR count). The lowest BCUT2D eigenvalue weighted by Crippen LogP contribution is -2.54. The van der Waals surface area contributed by atoms with Gasteiger partial charge in [-0.25, -0.2) is 0 Å². The van der Waals surface area contributed by atoms with Crippen LogP contribution in [-0.2, 0) is 9.59 Å². The molecule has 4 heteroatoms. The molecule has 0 aromatic rings. The zero-order chi connectivity index (χ0) is 9.99. The van der Waals surface area contributed by atoms with Gasteiger partial charge in [0.15, 0.2) is 0 Å². The Bertz CT molecular complexity index is 196. The van der Waals surface area contributed by atoms with E-state index in [9.17, 15) is 9.59 Å². The largest absolute Gasteiger partial charge is 0.481 e. The van der Waals surface area contributed by atoms with Crippen LogP contribution >= 0.6 is 0 Å². The number of amides is 1. The quantitative estimate of drug-likeness (QED) is 0.612. The molecule has 0 aromatic carbocycles. The fraction of sp³-hybridized carbons (Fsp3) is 0.750. The minimum absolute atomic E-state index is 0.519. The van der Waals surface area contributed by atoms with Crippen molar-refractivity contribution in [3.8, 4) is 0 Å². The lowest BCUT2D eigenvalue weighted by molar-refractivity contribution is -0.151. The van der Waals surface area contributed by atoms with Crippen molar-refractivity contribution in [2.45, 2.75) is 33.2 Å². The molecule has 1 amide bonds. The van der Waals surface area contributed by atoms with Crippen molar-refractivity contribution in [1.82, 2.24) is 5.32 Å². The van der Waals surface area contributed by atoms with E-state index in [1.807, 2.05) is 0 Å². The number of carbonyl (C=O) groups excluding carboxylic acids is 1. The summed E-state index contributed by atoms with van der Waals surface area (Å²) in [5, 5.41) is 11.3. The molecule has 0 aliphatic heterocycles. The second-order valence-electron chi connectivity index (χ2n) is 3.82. The van der Waals surface area contributed by atoms with Gasteiger partial charge in [0.2, 0.25) is 6.41 Å². The molecule has 0 bridgehead atoms. The van der Waals surface area contributed by atoms with E-state index >= 15 is 0 Å². The van der Waals surface area contributed by atoms with Crippen molar-refractivity contribution in [3.05, 3.63) is 0 Å². The zero-order valence-corrected chi connectivity index (χ0v) is 7.84. The Balaban J connectivity index is 4.73. The van der Waals surface area contributed by atoms with Gasteiger partial charge in [-0.15, -0.1) is 0 Å². The van der Waals surface area contributed by atoms with Gasteiger partial charge in [0.1, 0.15) is 0 Å². The van der Waals surface area contributed by atoms with Crippen LogP contribution in [0, 0.1) is 5.41 Å². The molecule has 0 fully saturated rings. The number of carbonyl (C=O) groups is 2. The molecule has 0 aromatic heterocycles. The first-order valence-corrected chi connectivity index (χ1v) is 3.70. The Morgan fingerprint density at radius 3 is 2.00 bits per heavy atom. The maximum absolute atomic E-state index is 10.8. The van der Waals surface area contributed by atoms with Crippen LogP contribution in [0.1, 0.15) is 27.7 Å². The maximum atomic E-state index is 10.8. The Hall–Kier alpha value is -1.06. The van der Waals surface area contributed by atoms with E-state index in [4.69, 9.17) is 5.11 Å². The van der Waals surface area contributed by atoms with Crippen LogP contribution < -0.4 is 5.32 Å². The summed E-state index contributed by atoms with van der Waals surface area (Å²) in [7, 11) is 0. The van der Waals surface area contributed by atoms with Crippen molar-refractivity contribution in [2.24, 2.45) is 5.41 Å². The summed E-state index contributed by atoms with van der Waals surface area (Å²) in [6, 6.07) is 0. The summed E-state index contributed by atoms with van der Waals surface area (Å²) in [6.45, 7) is 6.50. The summed E-state index contributed by atoms with van der Waals surface area (Å²) >= 11 is 0. The smallest absolute Gasteiger partial charge is 0.311 e. The monoisotopic (exact) mass is 173 g/mol. The average molecular weight is 173 g/mol. The third-order valence-electron chi connectivity index (χ3n) is 2.52. The predicted octanol–water partition coefficient (Wildman–Crippen LogP) is 0.622. The van der Waals surface area contributed by atoms with E-state index in [0.29, 0.717) is 6.41 Å². The number of rotatable bonds is 4. The van der Waals surface area contributed by atoms with E-state index in [0.717, 1.165) is 0 Å². The van der Waals surface area contributed by atoms with E-state index < -0.39 is 16.9 Å². The number of carboxylic acid groups (broad SMARTS) is 1. The first-order valence-electron chi connectivity index (χ1n) is 3.70. The number of carboxylic acids is 1. The molecule has 12 heavy (non-hydrogen) atoms. The minimum Gasteiger partial charge on any atom is -0.481 e. The Labute approximate surface area is 72.0 Å². The Kier molecular flexibility index (Phi) is 2.85. The average Bonchev–Trinajstić information content (AvgIpc) is 1.86. The number of hydrogen-bond donors (Lipinski definition) is 2. The lowest BCUT2D eigenvalue weighted by atomic mass is 9.75. The van der Waals surface area contributed by atoms with E-state index in [1.54, 1.807) is 27.7 Å². The van der Waals surface area contributed by atoms with E-state index in [2.05, 4.69) is 5.32 Å². The van der Waals surface area contributed by atoms with Crippen molar-refractivity contribution in [2.75, 3.05) is 0 Å². The third-order valence-corrected chi connectivity index (χ3v) is 2.52. The third kappa shape index (κ3) is 1.75. The summed E-state index contributed by atoms with van der Waals surface area (Å²) in [4.78, 5) is 21.0. The maximum Gasteiger partial charge on any atom is 0.311 e. The normalized spacial score (nSPS) is 12.3. The highest BCUT2D eigenvalue weighted by Gasteiger charge is 2.43. The van der Waals surface area contributed by atoms with Crippen LogP contribution in [0.4, 0.5) is 0 Å². The summed E-state index contributed by atoms with van der Waals surface area (Å²) < 4.78 is 0. The van der Waals surface area contributed by atoms with Crippen molar-refractivity contribution in [1.29, 1.82) is 0 Å². The molecule has 2 N–H and O–H groups in total. The highest BCUT2D eigenvalue weighted by molar-refractivity contribution is 5.76. The van der Waals surface area contributed by atoms with Crippen LogP contribution in [0.2, 0.25) is 0 Å². The molecule has 0 radical (unpaired) electrons. The minimum atomic E-state index is -0.978. The fourth-order valence-electron chi connectivity index (χ4n) is 0.595. The molecule has 0 aliphatic carbocycles. The number of aliphatic carboxylic acids is 1. The number of hydrogen-bond acceptors (Lipinski definition) is 2. The van der Waals surface area contributed by atoms with Crippen LogP contribution in [0.5, 0.6) is 0 Å². The van der Waals surface area contributed by atoms with Gasteiger partial charge in [-0.3, -0.25) is 9.59 Å². The predicted molar refractivity (Wildman–Crippen MR) is 44.7 cm³/mol. The van der Waals surface area contributed by atoms with Gasteiger partial charge in [0.05, 0.1) is 5.41 Å². The second kappa shape index (κ2) is 3.13. The summed E-state index contributed by atoms with van der Waals surface area (Å²) in [6.07, 6.45) is 0.519. The van der Waals surface area contributed by atoms with Gasteiger partial charge in [-0.2, -0.15) is 0 Å².